The van der Waals surface area contributed by atoms with Crippen LogP contribution >= 0.6 is 0 Å². The summed E-state index contributed by atoms with van der Waals surface area (Å²) in [6.07, 6.45) is 3.02. The lowest BCUT2D eigenvalue weighted by Crippen LogP contribution is -2.33. The average molecular weight is 176 g/mol. The number of nitrogens with zero attached hydrogens (tertiary/aromatic N) is 1. The Labute approximate surface area is 68.4 Å². The standard InChI is InChI=1S/C7H14NO2S/c1-2-11(9,10)8-6-4-3-5-7-8/h6H,2-5,7H2,1H3. The molecule has 1 aliphatic heterocycles. The topological polar surface area (TPSA) is 37.4 Å². The number of hydrogen-bond acceptors (Lipinski definition) is 2. The summed E-state index contributed by atoms with van der Waals surface area (Å²) in [5.74, 6) is 0.212. The molecule has 1 heterocycles. The molecule has 1 radical (unpaired) electrons. The van der Waals surface area contributed by atoms with Gasteiger partial charge in [0.25, 0.3) is 0 Å². The van der Waals surface area contributed by atoms with Crippen molar-refractivity contribution in [2.45, 2.75) is 26.2 Å². The van der Waals surface area contributed by atoms with Gasteiger partial charge >= 0.3 is 0 Å². The first-order valence-corrected chi connectivity index (χ1v) is 5.60. The predicted octanol–water partition coefficient (Wildman–Crippen LogP) is 0.984. The van der Waals surface area contributed by atoms with E-state index in [4.69, 9.17) is 0 Å². The smallest absolute Gasteiger partial charge is 0.212 e. The van der Waals surface area contributed by atoms with Crippen molar-refractivity contribution in [3.8, 4) is 0 Å². The van der Waals surface area contributed by atoms with Crippen molar-refractivity contribution in [1.82, 2.24) is 4.31 Å². The van der Waals surface area contributed by atoms with Gasteiger partial charge in [-0.05, 0) is 19.8 Å². The van der Waals surface area contributed by atoms with Crippen LogP contribution in [0, 0.1) is 6.54 Å². The highest BCUT2D eigenvalue weighted by Gasteiger charge is 2.21. The van der Waals surface area contributed by atoms with Gasteiger partial charge in [0.2, 0.25) is 10.0 Å². The summed E-state index contributed by atoms with van der Waals surface area (Å²) in [6, 6.07) is 0. The molecule has 3 nitrogen and oxygen atoms in total. The summed E-state index contributed by atoms with van der Waals surface area (Å²) in [5.41, 5.74) is 0. The molecule has 0 unspecified atom stereocenters. The molecule has 0 amide bonds. The molecule has 0 atom stereocenters. The lowest BCUT2D eigenvalue weighted by atomic mass is 10.2. The van der Waals surface area contributed by atoms with Crippen LogP contribution < -0.4 is 0 Å². The Hall–Kier alpha value is -0.0900. The second-order valence-corrected chi connectivity index (χ2v) is 4.90. The van der Waals surface area contributed by atoms with Gasteiger partial charge in [0.15, 0.2) is 0 Å². The van der Waals surface area contributed by atoms with Crippen molar-refractivity contribution in [2.75, 3.05) is 12.3 Å². The zero-order valence-electron chi connectivity index (χ0n) is 6.78. The molecule has 65 valence electrons. The fourth-order valence-electron chi connectivity index (χ4n) is 1.16. The molecule has 0 spiro atoms. The zero-order chi connectivity index (χ0) is 8.32. The van der Waals surface area contributed by atoms with Crippen LogP contribution in [0.5, 0.6) is 0 Å². The van der Waals surface area contributed by atoms with E-state index in [1.807, 2.05) is 0 Å². The Bertz CT molecular complexity index is 204. The van der Waals surface area contributed by atoms with E-state index in [0.717, 1.165) is 19.3 Å². The first-order valence-electron chi connectivity index (χ1n) is 3.99. The Balaban J connectivity index is 2.58. The minimum Gasteiger partial charge on any atom is -0.212 e. The van der Waals surface area contributed by atoms with E-state index in [1.54, 1.807) is 13.5 Å². The SMILES string of the molecule is CCS(=O)(=O)N1[CH]CCCC1. The highest BCUT2D eigenvalue weighted by atomic mass is 32.2. The van der Waals surface area contributed by atoms with Gasteiger partial charge in [0.05, 0.1) is 5.75 Å². The van der Waals surface area contributed by atoms with E-state index in [9.17, 15) is 8.42 Å². The second-order valence-electron chi connectivity index (χ2n) is 2.69. The van der Waals surface area contributed by atoms with Gasteiger partial charge in [-0.25, -0.2) is 8.42 Å². The molecule has 0 bridgehead atoms. The van der Waals surface area contributed by atoms with E-state index in [0.29, 0.717) is 6.54 Å². The molecule has 1 rings (SSSR count). The average Bonchev–Trinajstić information content (AvgIpc) is 2.06. The first-order chi connectivity index (χ1) is 5.17. The van der Waals surface area contributed by atoms with Crippen molar-refractivity contribution in [3.63, 3.8) is 0 Å². The molecule has 0 aromatic carbocycles. The van der Waals surface area contributed by atoms with Crippen molar-refractivity contribution in [3.05, 3.63) is 6.54 Å². The van der Waals surface area contributed by atoms with Crippen LogP contribution in [0.25, 0.3) is 0 Å². The van der Waals surface area contributed by atoms with Crippen molar-refractivity contribution in [1.29, 1.82) is 0 Å². The fraction of sp³-hybridized carbons (Fsp3) is 0.857. The van der Waals surface area contributed by atoms with Crippen molar-refractivity contribution < 1.29 is 8.42 Å². The third-order valence-electron chi connectivity index (χ3n) is 1.89. The van der Waals surface area contributed by atoms with Crippen molar-refractivity contribution in [2.24, 2.45) is 0 Å². The predicted molar refractivity (Wildman–Crippen MR) is 44.3 cm³/mol. The number of rotatable bonds is 2. The molecule has 1 fully saturated rings. The van der Waals surface area contributed by atoms with Crippen LogP contribution in [-0.4, -0.2) is 25.0 Å². The zero-order valence-corrected chi connectivity index (χ0v) is 7.60. The van der Waals surface area contributed by atoms with Crippen LogP contribution in [-0.2, 0) is 10.0 Å². The van der Waals surface area contributed by atoms with Gasteiger partial charge in [-0.2, -0.15) is 4.31 Å². The van der Waals surface area contributed by atoms with Gasteiger partial charge in [0, 0.05) is 13.1 Å². The van der Waals surface area contributed by atoms with Gasteiger partial charge in [0.1, 0.15) is 0 Å². The van der Waals surface area contributed by atoms with Crippen LogP contribution in [0.3, 0.4) is 0 Å². The van der Waals surface area contributed by atoms with Crippen molar-refractivity contribution >= 4 is 10.0 Å². The minimum absolute atomic E-state index is 0.212. The Morgan fingerprint density at radius 1 is 1.45 bits per heavy atom. The summed E-state index contributed by atoms with van der Waals surface area (Å²) in [7, 11) is -2.94. The lowest BCUT2D eigenvalue weighted by Gasteiger charge is -2.24. The summed E-state index contributed by atoms with van der Waals surface area (Å²) in [6.45, 7) is 4.15. The highest BCUT2D eigenvalue weighted by Crippen LogP contribution is 2.16. The third-order valence-corrected chi connectivity index (χ3v) is 3.66. The van der Waals surface area contributed by atoms with Gasteiger partial charge in [-0.15, -0.1) is 0 Å². The molecule has 0 N–H and O–H groups in total. The van der Waals surface area contributed by atoms with Crippen LogP contribution in [0.2, 0.25) is 0 Å². The molecule has 0 saturated carbocycles. The van der Waals surface area contributed by atoms with Gasteiger partial charge < -0.3 is 0 Å². The summed E-state index contributed by atoms with van der Waals surface area (Å²) in [4.78, 5) is 0. The molecule has 0 aromatic heterocycles. The molecule has 1 aliphatic rings. The second kappa shape index (κ2) is 3.54. The highest BCUT2D eigenvalue weighted by molar-refractivity contribution is 7.89. The molecule has 0 aromatic rings. The maximum atomic E-state index is 11.2. The van der Waals surface area contributed by atoms with E-state index >= 15 is 0 Å². The number of piperidine rings is 1. The molecule has 0 aliphatic carbocycles. The number of hydrogen-bond donors (Lipinski definition) is 0. The largest absolute Gasteiger partial charge is 0.214 e. The van der Waals surface area contributed by atoms with Crippen LogP contribution in [0.1, 0.15) is 26.2 Å². The number of sulfonamides is 1. The van der Waals surface area contributed by atoms with E-state index < -0.39 is 10.0 Å². The fourth-order valence-corrected chi connectivity index (χ4v) is 2.23. The molecule has 11 heavy (non-hydrogen) atoms. The molecular formula is C7H14NO2S. The molecule has 4 heteroatoms. The van der Waals surface area contributed by atoms with Crippen LogP contribution in [0.4, 0.5) is 0 Å². The van der Waals surface area contributed by atoms with E-state index in [1.165, 1.54) is 4.31 Å². The maximum absolute atomic E-state index is 11.2. The summed E-state index contributed by atoms with van der Waals surface area (Å²) < 4.78 is 24.0. The Morgan fingerprint density at radius 2 is 2.18 bits per heavy atom. The molecule has 1 saturated heterocycles. The van der Waals surface area contributed by atoms with Gasteiger partial charge in [-0.3, -0.25) is 0 Å². The Morgan fingerprint density at radius 3 is 2.64 bits per heavy atom. The monoisotopic (exact) mass is 176 g/mol. The minimum atomic E-state index is -2.94. The van der Waals surface area contributed by atoms with Gasteiger partial charge in [-0.1, -0.05) is 6.42 Å². The summed E-state index contributed by atoms with van der Waals surface area (Å²) in [5, 5.41) is 0. The quantitative estimate of drug-likeness (QED) is 0.629. The third kappa shape index (κ3) is 2.17. The van der Waals surface area contributed by atoms with E-state index in [2.05, 4.69) is 0 Å². The van der Waals surface area contributed by atoms with E-state index in [-0.39, 0.29) is 5.75 Å². The molecular weight excluding hydrogens is 162 g/mol. The first kappa shape index (κ1) is 9.00. The Kier molecular flexibility index (Phi) is 2.90. The normalized spacial score (nSPS) is 21.9. The maximum Gasteiger partial charge on any atom is 0.214 e. The van der Waals surface area contributed by atoms with Crippen LogP contribution in [0.15, 0.2) is 0 Å². The summed E-state index contributed by atoms with van der Waals surface area (Å²) >= 11 is 0. The lowest BCUT2D eigenvalue weighted by molar-refractivity contribution is 0.401.